The van der Waals surface area contributed by atoms with E-state index < -0.39 is 0 Å². The third-order valence-electron chi connectivity index (χ3n) is 5.47. The summed E-state index contributed by atoms with van der Waals surface area (Å²) >= 11 is 0. The molecule has 0 bridgehead atoms. The number of hydrogen-bond donors (Lipinski definition) is 0. The van der Waals surface area contributed by atoms with Crippen molar-refractivity contribution in [1.82, 2.24) is 4.90 Å². The number of benzene rings is 1. The summed E-state index contributed by atoms with van der Waals surface area (Å²) in [5, 5.41) is 0. The molecule has 0 N–H and O–H groups in total. The van der Waals surface area contributed by atoms with Gasteiger partial charge in [-0.25, -0.2) is 0 Å². The highest BCUT2D eigenvalue weighted by Crippen LogP contribution is 2.29. The van der Waals surface area contributed by atoms with Gasteiger partial charge in [0.15, 0.2) is 0 Å². The fraction of sp³-hybridized carbons (Fsp3) is 0.600. The van der Waals surface area contributed by atoms with E-state index in [1.54, 1.807) is 0 Å². The molecule has 4 rings (SSSR count). The van der Waals surface area contributed by atoms with Crippen LogP contribution in [0.15, 0.2) is 24.3 Å². The molecule has 0 radical (unpaired) electrons. The zero-order valence-corrected chi connectivity index (χ0v) is 13.9. The van der Waals surface area contributed by atoms with E-state index in [0.717, 1.165) is 37.9 Å². The number of hydrogen-bond acceptors (Lipinski definition) is 3. The quantitative estimate of drug-likeness (QED) is 0.846. The van der Waals surface area contributed by atoms with E-state index in [4.69, 9.17) is 9.47 Å². The van der Waals surface area contributed by atoms with Crippen LogP contribution in [0.5, 0.6) is 5.75 Å². The van der Waals surface area contributed by atoms with Crippen molar-refractivity contribution in [1.29, 1.82) is 0 Å². The van der Waals surface area contributed by atoms with E-state index in [1.165, 1.54) is 43.2 Å². The van der Waals surface area contributed by atoms with Crippen molar-refractivity contribution in [3.63, 3.8) is 0 Å². The maximum atomic E-state index is 6.13. The zero-order valence-electron chi connectivity index (χ0n) is 13.9. The highest BCUT2D eigenvalue weighted by molar-refractivity contribution is 5.63. The molecule has 1 unspecified atom stereocenters. The van der Waals surface area contributed by atoms with E-state index in [1.807, 2.05) is 0 Å². The van der Waals surface area contributed by atoms with Crippen LogP contribution in [0, 0.1) is 0 Å². The van der Waals surface area contributed by atoms with E-state index in [0.29, 0.717) is 6.61 Å². The van der Waals surface area contributed by atoms with Crippen molar-refractivity contribution in [2.75, 3.05) is 26.3 Å². The lowest BCUT2D eigenvalue weighted by Crippen LogP contribution is -2.49. The molecule has 1 heterocycles. The third kappa shape index (κ3) is 3.46. The van der Waals surface area contributed by atoms with Gasteiger partial charge in [-0.3, -0.25) is 4.90 Å². The van der Waals surface area contributed by atoms with Gasteiger partial charge in [0.25, 0.3) is 0 Å². The average Bonchev–Trinajstić information content (AvgIpc) is 3.10. The Labute approximate surface area is 139 Å². The van der Waals surface area contributed by atoms with Crippen LogP contribution in [-0.4, -0.2) is 43.3 Å². The molecule has 3 heteroatoms. The molecule has 2 fully saturated rings. The topological polar surface area (TPSA) is 21.7 Å². The van der Waals surface area contributed by atoms with Crippen molar-refractivity contribution in [3.05, 3.63) is 35.4 Å². The van der Waals surface area contributed by atoms with Crippen molar-refractivity contribution >= 4 is 6.08 Å². The molecule has 1 aromatic carbocycles. The number of ether oxygens (including phenoxy) is 2. The summed E-state index contributed by atoms with van der Waals surface area (Å²) in [5.41, 5.74) is 2.63. The number of nitrogens with zero attached hydrogens (tertiary/aromatic N) is 1. The first kappa shape index (κ1) is 15.2. The van der Waals surface area contributed by atoms with Gasteiger partial charge in [0.2, 0.25) is 0 Å². The monoisotopic (exact) mass is 313 g/mol. The fourth-order valence-electron chi connectivity index (χ4n) is 4.20. The van der Waals surface area contributed by atoms with Crippen molar-refractivity contribution in [2.24, 2.45) is 0 Å². The van der Waals surface area contributed by atoms with Crippen LogP contribution >= 0.6 is 0 Å². The SMILES string of the molecule is C1=Cc2cccc(OCC3CN(C4CCCCC4)CCO3)c2C1. The smallest absolute Gasteiger partial charge is 0.123 e. The second-order valence-electron chi connectivity index (χ2n) is 7.02. The van der Waals surface area contributed by atoms with Crippen LogP contribution in [0.2, 0.25) is 0 Å². The zero-order chi connectivity index (χ0) is 15.5. The molecule has 0 amide bonds. The molecule has 1 atom stereocenters. The maximum absolute atomic E-state index is 6.13. The Balaban J connectivity index is 1.33. The lowest BCUT2D eigenvalue weighted by molar-refractivity contribution is -0.0644. The minimum atomic E-state index is 0.205. The Morgan fingerprint density at radius 2 is 2.09 bits per heavy atom. The molecule has 1 saturated heterocycles. The van der Waals surface area contributed by atoms with Gasteiger partial charge in [-0.05, 0) is 30.9 Å². The number of morpholine rings is 1. The second-order valence-corrected chi connectivity index (χ2v) is 7.02. The molecule has 23 heavy (non-hydrogen) atoms. The molecular weight excluding hydrogens is 286 g/mol. The van der Waals surface area contributed by atoms with Crippen molar-refractivity contribution in [3.8, 4) is 5.75 Å². The van der Waals surface area contributed by atoms with Gasteiger partial charge in [-0.2, -0.15) is 0 Å². The minimum absolute atomic E-state index is 0.205. The highest BCUT2D eigenvalue weighted by atomic mass is 16.5. The number of fused-ring (bicyclic) bond motifs is 1. The van der Waals surface area contributed by atoms with Crippen molar-refractivity contribution < 1.29 is 9.47 Å². The molecule has 3 nitrogen and oxygen atoms in total. The van der Waals surface area contributed by atoms with Gasteiger partial charge in [-0.15, -0.1) is 0 Å². The first-order chi connectivity index (χ1) is 11.4. The van der Waals surface area contributed by atoms with Crippen LogP contribution in [-0.2, 0) is 11.2 Å². The second kappa shape index (κ2) is 7.06. The van der Waals surface area contributed by atoms with Gasteiger partial charge in [-0.1, -0.05) is 43.5 Å². The summed E-state index contributed by atoms with van der Waals surface area (Å²) in [4.78, 5) is 2.65. The van der Waals surface area contributed by atoms with Gasteiger partial charge < -0.3 is 9.47 Å². The predicted octanol–water partition coefficient (Wildman–Crippen LogP) is 3.67. The van der Waals surface area contributed by atoms with E-state index in [9.17, 15) is 0 Å². The number of rotatable bonds is 4. The Morgan fingerprint density at radius 3 is 3.00 bits per heavy atom. The predicted molar refractivity (Wildman–Crippen MR) is 92.9 cm³/mol. The van der Waals surface area contributed by atoms with Crippen LogP contribution in [0.4, 0.5) is 0 Å². The maximum Gasteiger partial charge on any atom is 0.123 e. The average molecular weight is 313 g/mol. The Kier molecular flexibility index (Phi) is 4.67. The largest absolute Gasteiger partial charge is 0.491 e. The summed E-state index contributed by atoms with van der Waals surface area (Å²) in [6.07, 6.45) is 12.5. The Hall–Kier alpha value is -1.32. The third-order valence-corrected chi connectivity index (χ3v) is 5.47. The molecule has 1 aromatic rings. The summed E-state index contributed by atoms with van der Waals surface area (Å²) in [6, 6.07) is 7.11. The Bertz CT molecular complexity index is 563. The molecule has 3 aliphatic rings. The van der Waals surface area contributed by atoms with E-state index in [2.05, 4.69) is 35.3 Å². The van der Waals surface area contributed by atoms with Crippen LogP contribution in [0.25, 0.3) is 6.08 Å². The summed E-state index contributed by atoms with van der Waals surface area (Å²) in [7, 11) is 0. The standard InChI is InChI=1S/C20H27NO2/c1-2-8-17(9-3-1)21-12-13-22-18(14-21)15-23-20-11-5-7-16-6-4-10-19(16)20/h4-7,11,17-18H,1-3,8-10,12-15H2. The molecule has 2 aliphatic carbocycles. The molecule has 1 saturated carbocycles. The Morgan fingerprint density at radius 1 is 1.17 bits per heavy atom. The molecule has 1 aliphatic heterocycles. The molecule has 0 aromatic heterocycles. The lowest BCUT2D eigenvalue weighted by atomic mass is 9.94. The summed E-state index contributed by atoms with van der Waals surface area (Å²) < 4.78 is 12.1. The molecular formula is C20H27NO2. The van der Waals surface area contributed by atoms with Crippen molar-refractivity contribution in [2.45, 2.75) is 50.7 Å². The lowest BCUT2D eigenvalue weighted by Gasteiger charge is -2.39. The first-order valence-electron chi connectivity index (χ1n) is 9.17. The minimum Gasteiger partial charge on any atom is -0.491 e. The van der Waals surface area contributed by atoms with Crippen LogP contribution < -0.4 is 4.74 Å². The van der Waals surface area contributed by atoms with Gasteiger partial charge in [0, 0.05) is 24.7 Å². The normalized spacial score (nSPS) is 25.5. The highest BCUT2D eigenvalue weighted by Gasteiger charge is 2.28. The fourth-order valence-corrected chi connectivity index (χ4v) is 4.20. The number of allylic oxidation sites excluding steroid dienone is 1. The van der Waals surface area contributed by atoms with E-state index in [-0.39, 0.29) is 6.10 Å². The summed E-state index contributed by atoms with van der Waals surface area (Å²) in [6.45, 7) is 3.63. The van der Waals surface area contributed by atoms with Gasteiger partial charge in [0.05, 0.1) is 6.61 Å². The molecule has 0 spiro atoms. The summed E-state index contributed by atoms with van der Waals surface area (Å²) in [5.74, 6) is 1.03. The van der Waals surface area contributed by atoms with E-state index >= 15 is 0 Å². The van der Waals surface area contributed by atoms with Gasteiger partial charge in [0.1, 0.15) is 18.5 Å². The molecule has 124 valence electrons. The van der Waals surface area contributed by atoms with Crippen LogP contribution in [0.1, 0.15) is 43.2 Å². The van der Waals surface area contributed by atoms with Crippen LogP contribution in [0.3, 0.4) is 0 Å². The first-order valence-corrected chi connectivity index (χ1v) is 9.17. The van der Waals surface area contributed by atoms with Gasteiger partial charge >= 0.3 is 0 Å².